The first-order chi connectivity index (χ1) is 4.00. The van der Waals surface area contributed by atoms with Crippen LogP contribution in [-0.4, -0.2) is 38.6 Å². The molecule has 0 saturated carbocycles. The number of hydrogen-bond donors (Lipinski definition) is 6. The van der Waals surface area contributed by atoms with Crippen molar-refractivity contribution in [2.24, 2.45) is 0 Å². The van der Waals surface area contributed by atoms with E-state index in [-0.39, 0.29) is 31.1 Å². The Hall–Kier alpha value is 0.762. The van der Waals surface area contributed by atoms with Gasteiger partial charge in [0.2, 0.25) is 0 Å². The Morgan fingerprint density at radius 3 is 0.800 bits per heavy atom. The second-order valence-corrected chi connectivity index (χ2v) is 1.34. The van der Waals surface area contributed by atoms with Crippen LogP contribution in [-0.2, 0) is 10.4 Å². The van der Waals surface area contributed by atoms with Crippen molar-refractivity contribution < 1.29 is 69.7 Å². The molecule has 0 rings (SSSR count). The fourth-order valence-corrected chi connectivity index (χ4v) is 0. The molecule has 0 aliphatic heterocycles. The van der Waals surface area contributed by atoms with Gasteiger partial charge in [-0.05, 0) is 0 Å². The largest absolute Gasteiger partial charge is 0.394 e. The Morgan fingerprint density at radius 2 is 0.800 bits per heavy atom. The topological polar surface area (TPSA) is 156 Å². The molecule has 0 fully saturated rings. The summed E-state index contributed by atoms with van der Waals surface area (Å²) in [7, 11) is -4.67. The zero-order valence-electron chi connectivity index (χ0n) is 4.41. The van der Waals surface area contributed by atoms with E-state index in [0.717, 1.165) is 0 Å². The van der Waals surface area contributed by atoms with Gasteiger partial charge < -0.3 is 0 Å². The van der Waals surface area contributed by atoms with Crippen molar-refractivity contribution in [3.8, 4) is 0 Å². The van der Waals surface area contributed by atoms with Gasteiger partial charge in [-0.15, -0.1) is 0 Å². The van der Waals surface area contributed by atoms with Crippen LogP contribution in [0.2, 0.25) is 0 Å². The fraction of sp³-hybridized carbons (Fsp3) is 0. The van der Waals surface area contributed by atoms with Gasteiger partial charge >= 0.3 is 10.4 Å². The summed E-state index contributed by atoms with van der Waals surface area (Å²) in [5.74, 6) is 0. The van der Waals surface area contributed by atoms with Crippen molar-refractivity contribution in [3.05, 3.63) is 0 Å². The molecule has 0 aliphatic carbocycles. The normalized spacial score (nSPS) is 7.00. The first kappa shape index (κ1) is 22.4. The summed E-state index contributed by atoms with van der Waals surface area (Å²) in [6, 6.07) is 0. The molecule has 0 amide bonds. The predicted molar refractivity (Wildman–Crippen MR) is 24.7 cm³/mol. The van der Waals surface area contributed by atoms with Crippen molar-refractivity contribution in [1.29, 1.82) is 0 Å². The van der Waals surface area contributed by atoms with Crippen molar-refractivity contribution in [3.63, 3.8) is 0 Å². The maximum Gasteiger partial charge on any atom is 0.394 e. The first-order valence-corrected chi connectivity index (χ1v) is 2.50. The summed E-state index contributed by atoms with van der Waals surface area (Å²) in [5.41, 5.74) is 0. The standard InChI is InChI=1S/H2O4S.2H2O2.U/c1-5(2,3)4;2*1-2;/h(H2,1,2,3,4);2*1-2H;. The molecule has 0 spiro atoms. The van der Waals surface area contributed by atoms with Crippen molar-refractivity contribution in [2.45, 2.75) is 0 Å². The summed E-state index contributed by atoms with van der Waals surface area (Å²) >= 11 is 0. The molecule has 0 aromatic heterocycles. The Morgan fingerprint density at radius 1 is 0.800 bits per heavy atom. The Labute approximate surface area is 79.9 Å². The zero-order valence-corrected chi connectivity index (χ0v) is 9.39. The van der Waals surface area contributed by atoms with Gasteiger partial charge in [0.1, 0.15) is 0 Å². The molecule has 8 nitrogen and oxygen atoms in total. The SMILES string of the molecule is O=S(=O)(O)O.OO.OO.[U]. The van der Waals surface area contributed by atoms with Gasteiger partial charge in [-0.1, -0.05) is 0 Å². The second kappa shape index (κ2) is 16.4. The average Bonchev–Trinajstić information content (AvgIpc) is 1.72. The Balaban J connectivity index is -0.0000000315. The molecule has 0 unspecified atom stereocenters. The van der Waals surface area contributed by atoms with Gasteiger partial charge in [-0.25, -0.2) is 0 Å². The van der Waals surface area contributed by atoms with E-state index in [9.17, 15) is 0 Å². The minimum atomic E-state index is -4.67. The Kier molecular flexibility index (Phi) is 36.8. The summed E-state index contributed by atoms with van der Waals surface area (Å²) in [6.07, 6.45) is 0. The van der Waals surface area contributed by atoms with Gasteiger partial charge in [0, 0.05) is 31.1 Å². The van der Waals surface area contributed by atoms with Gasteiger partial charge in [-0.2, -0.15) is 8.42 Å². The van der Waals surface area contributed by atoms with E-state index < -0.39 is 10.4 Å². The molecule has 0 saturated heterocycles. The van der Waals surface area contributed by atoms with Gasteiger partial charge in [-0.3, -0.25) is 30.1 Å². The average molecular weight is 404 g/mol. The first-order valence-electron chi connectivity index (χ1n) is 1.10. The van der Waals surface area contributed by atoms with Crippen LogP contribution in [0.25, 0.3) is 0 Å². The molecule has 0 radical (unpaired) electrons. The minimum Gasteiger partial charge on any atom is -0.264 e. The molecule has 0 aromatic carbocycles. The maximum atomic E-state index is 8.74. The molecule has 10 heteroatoms. The second-order valence-electron chi connectivity index (χ2n) is 0.448. The van der Waals surface area contributed by atoms with Crippen molar-refractivity contribution in [2.75, 3.05) is 0 Å². The number of hydrogen-bond acceptors (Lipinski definition) is 6. The van der Waals surface area contributed by atoms with E-state index >= 15 is 0 Å². The summed E-state index contributed by atoms with van der Waals surface area (Å²) in [4.78, 5) is 0. The molecule has 0 heterocycles. The van der Waals surface area contributed by atoms with Gasteiger partial charge in [0.15, 0.2) is 0 Å². The summed E-state index contributed by atoms with van der Waals surface area (Å²) < 4.78 is 31.6. The summed E-state index contributed by atoms with van der Waals surface area (Å²) in [6.45, 7) is 0. The molecule has 64 valence electrons. The van der Waals surface area contributed by atoms with E-state index in [0.29, 0.717) is 0 Å². The predicted octanol–water partition coefficient (Wildman–Crippen LogP) is -0.618. The molecule has 10 heavy (non-hydrogen) atoms. The van der Waals surface area contributed by atoms with Gasteiger partial charge in [0.05, 0.1) is 0 Å². The third-order valence-electron chi connectivity index (χ3n) is 0. The van der Waals surface area contributed by atoms with Crippen molar-refractivity contribution in [1.82, 2.24) is 0 Å². The third kappa shape index (κ3) is 909. The number of rotatable bonds is 0. The molecule has 0 aromatic rings. The van der Waals surface area contributed by atoms with Crippen LogP contribution in [0.4, 0.5) is 0 Å². The molecular formula is H6O8SU. The van der Waals surface area contributed by atoms with Crippen LogP contribution in [0.15, 0.2) is 0 Å². The van der Waals surface area contributed by atoms with Crippen LogP contribution in [0, 0.1) is 31.1 Å². The maximum absolute atomic E-state index is 8.74. The summed E-state index contributed by atoms with van der Waals surface area (Å²) in [5, 5.41) is 24.0. The fourth-order valence-electron chi connectivity index (χ4n) is 0. The molecule has 0 atom stereocenters. The zero-order chi connectivity index (χ0) is 8.50. The van der Waals surface area contributed by atoms with E-state index in [4.69, 9.17) is 38.6 Å². The van der Waals surface area contributed by atoms with E-state index in [2.05, 4.69) is 0 Å². The quantitative estimate of drug-likeness (QED) is 0.177. The van der Waals surface area contributed by atoms with Crippen LogP contribution in [0.3, 0.4) is 0 Å². The van der Waals surface area contributed by atoms with Gasteiger partial charge in [0.25, 0.3) is 0 Å². The molecule has 0 aliphatic rings. The van der Waals surface area contributed by atoms with Crippen LogP contribution >= 0.6 is 0 Å². The van der Waals surface area contributed by atoms with E-state index in [1.807, 2.05) is 0 Å². The van der Waals surface area contributed by atoms with Crippen LogP contribution in [0.1, 0.15) is 0 Å². The van der Waals surface area contributed by atoms with E-state index in [1.165, 1.54) is 0 Å². The van der Waals surface area contributed by atoms with Crippen LogP contribution < -0.4 is 0 Å². The molecule has 0 bridgehead atoms. The monoisotopic (exact) mass is 404 g/mol. The molecular weight excluding hydrogens is 398 g/mol. The minimum absolute atomic E-state index is 0. The van der Waals surface area contributed by atoms with Crippen LogP contribution in [0.5, 0.6) is 0 Å². The van der Waals surface area contributed by atoms with E-state index in [1.54, 1.807) is 0 Å². The third-order valence-corrected chi connectivity index (χ3v) is 0. The molecule has 6 N–H and O–H groups in total. The van der Waals surface area contributed by atoms with Crippen molar-refractivity contribution >= 4 is 10.4 Å². The smallest absolute Gasteiger partial charge is 0.264 e. The Bertz CT molecular complexity index is 92.4.